The van der Waals surface area contributed by atoms with E-state index in [4.69, 9.17) is 0 Å². The smallest absolute Gasteiger partial charge is 0.252 e. The van der Waals surface area contributed by atoms with E-state index in [1.54, 1.807) is 28.5 Å². The van der Waals surface area contributed by atoms with Crippen molar-refractivity contribution in [3.05, 3.63) is 60.5 Å². The molecule has 5 nitrogen and oxygen atoms in total. The van der Waals surface area contributed by atoms with Crippen LogP contribution in [-0.4, -0.2) is 38.3 Å². The molecular weight excluding hydrogens is 368 g/mol. The summed E-state index contributed by atoms with van der Waals surface area (Å²) >= 11 is 1.22. The van der Waals surface area contributed by atoms with Crippen LogP contribution in [0.1, 0.15) is 12.8 Å². The first kappa shape index (κ1) is 18.8. The van der Waals surface area contributed by atoms with Crippen molar-refractivity contribution in [2.75, 3.05) is 24.5 Å². The minimum atomic E-state index is -3.44. The molecule has 1 aliphatic heterocycles. The second kappa shape index (κ2) is 8.16. The van der Waals surface area contributed by atoms with Gasteiger partial charge in [-0.1, -0.05) is 30.3 Å². The highest BCUT2D eigenvalue weighted by Gasteiger charge is 2.34. The molecule has 2 heterocycles. The van der Waals surface area contributed by atoms with E-state index < -0.39 is 10.0 Å². The number of rotatable bonds is 6. The van der Waals surface area contributed by atoms with Crippen LogP contribution < -0.4 is 4.90 Å². The maximum absolute atomic E-state index is 13.0. The highest BCUT2D eigenvalue weighted by molar-refractivity contribution is 7.91. The number of anilines is 1. The normalized spacial score (nSPS) is 16.3. The lowest BCUT2D eigenvalue weighted by molar-refractivity contribution is -0.123. The summed E-state index contributed by atoms with van der Waals surface area (Å²) in [6.07, 6.45) is 2.77. The van der Waals surface area contributed by atoms with Gasteiger partial charge in [0, 0.05) is 31.2 Å². The molecule has 0 atom stereocenters. The van der Waals surface area contributed by atoms with Crippen molar-refractivity contribution in [1.82, 2.24) is 4.31 Å². The van der Waals surface area contributed by atoms with Gasteiger partial charge in [-0.3, -0.25) is 4.79 Å². The second-order valence-corrected chi connectivity index (χ2v) is 9.30. The van der Waals surface area contributed by atoms with Crippen molar-refractivity contribution in [2.24, 2.45) is 5.92 Å². The Labute approximate surface area is 158 Å². The lowest BCUT2D eigenvalue weighted by Crippen LogP contribution is -2.44. The van der Waals surface area contributed by atoms with Gasteiger partial charge < -0.3 is 4.90 Å². The molecule has 0 bridgehead atoms. The van der Waals surface area contributed by atoms with Crippen molar-refractivity contribution in [2.45, 2.75) is 17.1 Å². The lowest BCUT2D eigenvalue weighted by atomic mass is 9.96. The summed E-state index contributed by atoms with van der Waals surface area (Å²) in [5.41, 5.74) is 0.839. The van der Waals surface area contributed by atoms with Crippen LogP contribution in [0, 0.1) is 5.92 Å². The van der Waals surface area contributed by atoms with Gasteiger partial charge >= 0.3 is 0 Å². The van der Waals surface area contributed by atoms with E-state index in [0.717, 1.165) is 5.69 Å². The number of para-hydroxylation sites is 1. The molecule has 1 fully saturated rings. The molecule has 1 amide bonds. The van der Waals surface area contributed by atoms with Crippen LogP contribution in [0.25, 0.3) is 0 Å². The van der Waals surface area contributed by atoms with E-state index >= 15 is 0 Å². The summed E-state index contributed by atoms with van der Waals surface area (Å²) in [6, 6.07) is 12.9. The molecule has 0 saturated carbocycles. The topological polar surface area (TPSA) is 57.7 Å². The first-order valence-corrected chi connectivity index (χ1v) is 10.9. The summed E-state index contributed by atoms with van der Waals surface area (Å²) in [4.78, 5) is 14.7. The number of carbonyl (C=O) groups excluding carboxylic acids is 1. The number of sulfonamides is 1. The summed E-state index contributed by atoms with van der Waals surface area (Å²) in [5, 5.41) is 1.76. The molecule has 26 heavy (non-hydrogen) atoms. The zero-order valence-electron chi connectivity index (χ0n) is 14.5. The summed E-state index contributed by atoms with van der Waals surface area (Å²) < 4.78 is 27.1. The Balaban J connectivity index is 1.69. The quantitative estimate of drug-likeness (QED) is 0.711. The van der Waals surface area contributed by atoms with Crippen molar-refractivity contribution in [3.8, 4) is 0 Å². The van der Waals surface area contributed by atoms with Gasteiger partial charge in [-0.15, -0.1) is 17.9 Å². The number of hydrogen-bond donors (Lipinski definition) is 0. The van der Waals surface area contributed by atoms with Gasteiger partial charge in [0.15, 0.2) is 0 Å². The third kappa shape index (κ3) is 3.90. The van der Waals surface area contributed by atoms with Gasteiger partial charge in [-0.05, 0) is 36.4 Å². The Hall–Kier alpha value is -1.96. The van der Waals surface area contributed by atoms with Gasteiger partial charge in [0.25, 0.3) is 10.0 Å². The third-order valence-electron chi connectivity index (χ3n) is 4.54. The Morgan fingerprint density at radius 1 is 1.19 bits per heavy atom. The fraction of sp³-hybridized carbons (Fsp3) is 0.316. The zero-order chi connectivity index (χ0) is 18.6. The number of nitrogens with zero attached hydrogens (tertiary/aromatic N) is 2. The van der Waals surface area contributed by atoms with Crippen LogP contribution >= 0.6 is 11.3 Å². The van der Waals surface area contributed by atoms with E-state index in [1.165, 1.54) is 15.6 Å². The molecule has 138 valence electrons. The molecular formula is C19H22N2O3S2. The van der Waals surface area contributed by atoms with E-state index in [9.17, 15) is 13.2 Å². The Morgan fingerprint density at radius 3 is 2.46 bits per heavy atom. The number of benzene rings is 1. The highest BCUT2D eigenvalue weighted by Crippen LogP contribution is 2.28. The first-order chi connectivity index (χ1) is 12.5. The van der Waals surface area contributed by atoms with Crippen molar-refractivity contribution in [3.63, 3.8) is 0 Å². The molecule has 1 aromatic heterocycles. The number of piperidine rings is 1. The van der Waals surface area contributed by atoms with Crippen molar-refractivity contribution in [1.29, 1.82) is 0 Å². The van der Waals surface area contributed by atoms with Crippen LogP contribution in [-0.2, 0) is 14.8 Å². The number of hydrogen-bond acceptors (Lipinski definition) is 4. The third-order valence-corrected chi connectivity index (χ3v) is 7.81. The molecule has 1 aromatic carbocycles. The Bertz CT molecular complexity index is 840. The molecule has 0 aliphatic carbocycles. The van der Waals surface area contributed by atoms with E-state index in [2.05, 4.69) is 6.58 Å². The monoisotopic (exact) mass is 390 g/mol. The fourth-order valence-corrected chi connectivity index (χ4v) is 5.77. The molecule has 0 N–H and O–H groups in total. The zero-order valence-corrected chi connectivity index (χ0v) is 16.1. The average molecular weight is 391 g/mol. The number of carbonyl (C=O) groups is 1. The minimum absolute atomic E-state index is 0.0317. The SMILES string of the molecule is C=CCN(C(=O)C1CCN(S(=O)(=O)c2cccs2)CC1)c1ccccc1. The Kier molecular flexibility index (Phi) is 5.90. The summed E-state index contributed by atoms with van der Waals surface area (Å²) in [5.74, 6) is -0.144. The molecule has 1 aliphatic rings. The largest absolute Gasteiger partial charge is 0.308 e. The molecule has 0 spiro atoms. The van der Waals surface area contributed by atoms with Crippen LogP contribution in [0.2, 0.25) is 0 Å². The van der Waals surface area contributed by atoms with Gasteiger partial charge in [-0.2, -0.15) is 4.31 Å². The first-order valence-electron chi connectivity index (χ1n) is 8.55. The molecule has 1 saturated heterocycles. The molecule has 2 aromatic rings. The standard InChI is InChI=1S/C19H22N2O3S2/c1-2-12-21(17-7-4-3-5-8-17)19(22)16-10-13-20(14-11-16)26(23,24)18-9-6-15-25-18/h2-9,15-16H,1,10-14H2. The van der Waals surface area contributed by atoms with Crippen molar-refractivity contribution < 1.29 is 13.2 Å². The van der Waals surface area contributed by atoms with E-state index in [0.29, 0.717) is 36.7 Å². The van der Waals surface area contributed by atoms with E-state index in [-0.39, 0.29) is 11.8 Å². The lowest BCUT2D eigenvalue weighted by Gasteiger charge is -2.33. The summed E-state index contributed by atoms with van der Waals surface area (Å²) in [7, 11) is -3.44. The molecule has 0 radical (unpaired) electrons. The van der Waals surface area contributed by atoms with Crippen LogP contribution in [0.15, 0.2) is 64.7 Å². The second-order valence-electron chi connectivity index (χ2n) is 6.18. The fourth-order valence-electron chi connectivity index (χ4n) is 3.16. The highest BCUT2D eigenvalue weighted by atomic mass is 32.2. The van der Waals surface area contributed by atoms with Gasteiger partial charge in [-0.25, -0.2) is 8.42 Å². The predicted octanol–water partition coefficient (Wildman–Crippen LogP) is 3.37. The Morgan fingerprint density at radius 2 is 1.88 bits per heavy atom. The van der Waals surface area contributed by atoms with Crippen LogP contribution in [0.5, 0.6) is 0 Å². The maximum Gasteiger partial charge on any atom is 0.252 e. The molecule has 7 heteroatoms. The van der Waals surface area contributed by atoms with Crippen LogP contribution in [0.3, 0.4) is 0 Å². The molecule has 3 rings (SSSR count). The maximum atomic E-state index is 13.0. The summed E-state index contributed by atoms with van der Waals surface area (Å²) in [6.45, 7) is 4.92. The van der Waals surface area contributed by atoms with Crippen LogP contribution in [0.4, 0.5) is 5.69 Å². The van der Waals surface area contributed by atoms with Gasteiger partial charge in [0.2, 0.25) is 5.91 Å². The number of amides is 1. The number of thiophene rings is 1. The average Bonchev–Trinajstić information content (AvgIpc) is 3.22. The minimum Gasteiger partial charge on any atom is -0.308 e. The van der Waals surface area contributed by atoms with Gasteiger partial charge in [0.1, 0.15) is 4.21 Å². The van der Waals surface area contributed by atoms with E-state index in [1.807, 2.05) is 30.3 Å². The van der Waals surface area contributed by atoms with Crippen molar-refractivity contribution >= 4 is 33.0 Å². The van der Waals surface area contributed by atoms with Gasteiger partial charge in [0.05, 0.1) is 0 Å². The predicted molar refractivity (Wildman–Crippen MR) is 105 cm³/mol. The molecule has 0 unspecified atom stereocenters.